The smallest absolute Gasteiger partial charge is 0.336 e. The van der Waals surface area contributed by atoms with Crippen LogP contribution in [0.3, 0.4) is 0 Å². The van der Waals surface area contributed by atoms with E-state index >= 15 is 0 Å². The van der Waals surface area contributed by atoms with Crippen LogP contribution in [-0.2, 0) is 19.1 Å². The highest BCUT2D eigenvalue weighted by Gasteiger charge is 2.42. The van der Waals surface area contributed by atoms with Gasteiger partial charge in [0, 0.05) is 29.5 Å². The van der Waals surface area contributed by atoms with Gasteiger partial charge in [0.2, 0.25) is 0 Å². The number of esters is 2. The highest BCUT2D eigenvalue weighted by Crippen LogP contribution is 2.41. The molecule has 0 bridgehead atoms. The quantitative estimate of drug-likeness (QED) is 0.132. The van der Waals surface area contributed by atoms with Crippen LogP contribution in [0.25, 0.3) is 0 Å². The standard InChI is InChI=1S/C27H38N2O6/c1-5-7-8-9-10-11-12-13-17-35-27(31)24-20(4)28-19(3)23(26(30)34-6-2)25(24)21-15-14-16-22(18-21)29(32)33/h14-16,18,23,25H,5-13,17H2,1-4H3. The van der Waals surface area contributed by atoms with E-state index in [-0.39, 0.29) is 24.5 Å². The van der Waals surface area contributed by atoms with Crippen LogP contribution in [0, 0.1) is 16.0 Å². The van der Waals surface area contributed by atoms with Crippen molar-refractivity contribution in [2.24, 2.45) is 10.9 Å². The molecule has 8 nitrogen and oxygen atoms in total. The number of non-ortho nitro benzene ring substituents is 1. The van der Waals surface area contributed by atoms with Gasteiger partial charge in [-0.15, -0.1) is 0 Å². The molecular formula is C27H38N2O6. The van der Waals surface area contributed by atoms with E-state index in [0.29, 0.717) is 17.0 Å². The summed E-state index contributed by atoms with van der Waals surface area (Å²) in [4.78, 5) is 41.5. The number of rotatable bonds is 14. The average Bonchev–Trinajstić information content (AvgIpc) is 2.82. The minimum Gasteiger partial charge on any atom is -0.465 e. The van der Waals surface area contributed by atoms with E-state index in [9.17, 15) is 19.7 Å². The monoisotopic (exact) mass is 486 g/mol. The number of nitro groups is 1. The molecule has 2 unspecified atom stereocenters. The molecule has 2 atom stereocenters. The molecule has 0 fully saturated rings. The van der Waals surface area contributed by atoms with Gasteiger partial charge in [-0.2, -0.15) is 0 Å². The van der Waals surface area contributed by atoms with Gasteiger partial charge in [0.1, 0.15) is 5.92 Å². The maximum absolute atomic E-state index is 13.2. The Kier molecular flexibility index (Phi) is 11.6. The van der Waals surface area contributed by atoms with Crippen LogP contribution < -0.4 is 0 Å². The molecule has 0 spiro atoms. The van der Waals surface area contributed by atoms with Crippen LogP contribution in [0.1, 0.15) is 90.5 Å². The summed E-state index contributed by atoms with van der Waals surface area (Å²) in [6.07, 6.45) is 9.02. The van der Waals surface area contributed by atoms with Gasteiger partial charge < -0.3 is 9.47 Å². The highest BCUT2D eigenvalue weighted by atomic mass is 16.6. The Hall–Kier alpha value is -3.03. The van der Waals surface area contributed by atoms with E-state index in [1.165, 1.54) is 44.2 Å². The van der Waals surface area contributed by atoms with E-state index < -0.39 is 28.7 Å². The van der Waals surface area contributed by atoms with Gasteiger partial charge in [-0.25, -0.2) is 4.79 Å². The molecule has 0 aliphatic carbocycles. The van der Waals surface area contributed by atoms with Crippen LogP contribution in [0.15, 0.2) is 40.5 Å². The summed E-state index contributed by atoms with van der Waals surface area (Å²) < 4.78 is 10.9. The molecule has 35 heavy (non-hydrogen) atoms. The molecule has 1 aliphatic rings. The first-order valence-corrected chi connectivity index (χ1v) is 12.7. The maximum atomic E-state index is 13.2. The fourth-order valence-corrected chi connectivity index (χ4v) is 4.51. The molecule has 192 valence electrons. The van der Waals surface area contributed by atoms with Crippen LogP contribution in [0.5, 0.6) is 0 Å². The summed E-state index contributed by atoms with van der Waals surface area (Å²) >= 11 is 0. The molecule has 1 aromatic rings. The Labute approximate surface area is 207 Å². The van der Waals surface area contributed by atoms with E-state index in [1.54, 1.807) is 32.9 Å². The number of carbonyl (C=O) groups excluding carboxylic acids is 2. The zero-order valence-electron chi connectivity index (χ0n) is 21.4. The number of benzene rings is 1. The first-order chi connectivity index (χ1) is 16.8. The first-order valence-electron chi connectivity index (χ1n) is 12.7. The molecule has 0 saturated heterocycles. The topological polar surface area (TPSA) is 108 Å². The number of hydrogen-bond donors (Lipinski definition) is 0. The Morgan fingerprint density at radius 1 is 1.00 bits per heavy atom. The highest BCUT2D eigenvalue weighted by molar-refractivity contribution is 6.07. The molecule has 0 radical (unpaired) electrons. The molecule has 1 aliphatic heterocycles. The number of nitrogens with zero attached hydrogens (tertiary/aromatic N) is 2. The summed E-state index contributed by atoms with van der Waals surface area (Å²) in [6.45, 7) is 7.75. The SMILES string of the molecule is CCCCCCCCCCOC(=O)C1=C(C)N=C(C)C(C(=O)OCC)C1c1cccc([N+](=O)[O-])c1. The van der Waals surface area contributed by atoms with E-state index in [4.69, 9.17) is 9.47 Å². The largest absolute Gasteiger partial charge is 0.465 e. The molecule has 0 saturated carbocycles. The van der Waals surface area contributed by atoms with E-state index in [0.717, 1.165) is 19.3 Å². The minimum absolute atomic E-state index is 0.116. The second kappa shape index (κ2) is 14.4. The Morgan fingerprint density at radius 2 is 1.66 bits per heavy atom. The van der Waals surface area contributed by atoms with Crippen molar-refractivity contribution >= 4 is 23.3 Å². The van der Waals surface area contributed by atoms with Crippen LogP contribution in [0.4, 0.5) is 5.69 Å². The van der Waals surface area contributed by atoms with Crippen molar-refractivity contribution in [1.82, 2.24) is 0 Å². The van der Waals surface area contributed by atoms with Crippen LogP contribution in [-0.4, -0.2) is 35.8 Å². The van der Waals surface area contributed by atoms with Gasteiger partial charge in [0.15, 0.2) is 0 Å². The number of ether oxygens (including phenoxy) is 2. The predicted molar refractivity (Wildman–Crippen MR) is 135 cm³/mol. The van der Waals surface area contributed by atoms with Crippen LogP contribution >= 0.6 is 0 Å². The van der Waals surface area contributed by atoms with Crippen molar-refractivity contribution in [3.05, 3.63) is 51.2 Å². The minimum atomic E-state index is -0.869. The third kappa shape index (κ3) is 8.01. The zero-order chi connectivity index (χ0) is 25.8. The van der Waals surface area contributed by atoms with Crippen molar-refractivity contribution in [3.63, 3.8) is 0 Å². The molecule has 0 amide bonds. The van der Waals surface area contributed by atoms with Gasteiger partial charge in [0.25, 0.3) is 5.69 Å². The van der Waals surface area contributed by atoms with E-state index in [1.807, 2.05) is 0 Å². The molecular weight excluding hydrogens is 448 g/mol. The van der Waals surface area contributed by atoms with Crippen molar-refractivity contribution in [1.29, 1.82) is 0 Å². The number of nitro benzene ring substituents is 1. The van der Waals surface area contributed by atoms with Crippen molar-refractivity contribution < 1.29 is 24.0 Å². The summed E-state index contributed by atoms with van der Waals surface area (Å²) in [5.41, 5.74) is 1.55. The number of hydrogen-bond acceptors (Lipinski definition) is 7. The van der Waals surface area contributed by atoms with E-state index in [2.05, 4.69) is 11.9 Å². The number of allylic oxidation sites excluding steroid dienone is 1. The Morgan fingerprint density at radius 3 is 2.29 bits per heavy atom. The first kappa shape index (κ1) is 28.2. The van der Waals surface area contributed by atoms with Crippen molar-refractivity contribution in [3.8, 4) is 0 Å². The molecule has 2 rings (SSSR count). The van der Waals surface area contributed by atoms with Crippen LogP contribution in [0.2, 0.25) is 0 Å². The molecule has 0 aromatic heterocycles. The molecule has 8 heteroatoms. The summed E-state index contributed by atoms with van der Waals surface area (Å²) in [7, 11) is 0. The number of carbonyl (C=O) groups is 2. The predicted octanol–water partition coefficient (Wildman–Crippen LogP) is 6.29. The normalized spacial score (nSPS) is 17.7. The fraction of sp³-hybridized carbons (Fsp3) is 0.593. The second-order valence-electron chi connectivity index (χ2n) is 8.92. The lowest BCUT2D eigenvalue weighted by atomic mass is 9.75. The molecule has 0 N–H and O–H groups in total. The van der Waals surface area contributed by atoms with Crippen molar-refractivity contribution in [2.75, 3.05) is 13.2 Å². The van der Waals surface area contributed by atoms with Gasteiger partial charge in [0.05, 0.1) is 23.7 Å². The Balaban J connectivity index is 2.20. The third-order valence-electron chi connectivity index (χ3n) is 6.26. The summed E-state index contributed by atoms with van der Waals surface area (Å²) in [5, 5.41) is 11.4. The lowest BCUT2D eigenvalue weighted by molar-refractivity contribution is -0.384. The summed E-state index contributed by atoms with van der Waals surface area (Å²) in [6, 6.07) is 6.01. The van der Waals surface area contributed by atoms with Gasteiger partial charge in [-0.05, 0) is 32.8 Å². The van der Waals surface area contributed by atoms with Gasteiger partial charge in [-0.1, -0.05) is 64.0 Å². The lowest BCUT2D eigenvalue weighted by Gasteiger charge is -2.31. The lowest BCUT2D eigenvalue weighted by Crippen LogP contribution is -2.36. The maximum Gasteiger partial charge on any atom is 0.336 e. The fourth-order valence-electron chi connectivity index (χ4n) is 4.51. The van der Waals surface area contributed by atoms with Gasteiger partial charge in [-0.3, -0.25) is 19.9 Å². The average molecular weight is 487 g/mol. The Bertz CT molecular complexity index is 953. The van der Waals surface area contributed by atoms with Crippen molar-refractivity contribution in [2.45, 2.75) is 85.0 Å². The number of aliphatic imine (C=N–C) groups is 1. The second-order valence-corrected chi connectivity index (χ2v) is 8.92. The molecule has 1 aromatic carbocycles. The zero-order valence-corrected chi connectivity index (χ0v) is 21.4. The third-order valence-corrected chi connectivity index (χ3v) is 6.26. The van der Waals surface area contributed by atoms with Gasteiger partial charge >= 0.3 is 11.9 Å². The number of unbranched alkanes of at least 4 members (excludes halogenated alkanes) is 7. The summed E-state index contributed by atoms with van der Waals surface area (Å²) in [5.74, 6) is -2.72. The molecule has 1 heterocycles.